The Bertz CT molecular complexity index is 477. The molecule has 8 nitrogen and oxygen atoms in total. The SMILES string of the molecule is C/C(=C\C(=O)[O-])C(=O)[O-].C/C(=C\C(=O)[O-])C(=O)[O-].CCC[CH2][SnH2+4][CH2]CCC. The van der Waals surface area contributed by atoms with E-state index in [-0.39, 0.29) is 32.3 Å². The molecule has 0 rings (SSSR count). The normalized spacial score (nSPS) is 10.7. The van der Waals surface area contributed by atoms with Crippen LogP contribution >= 0.6 is 0 Å². The summed E-state index contributed by atoms with van der Waals surface area (Å²) in [5.74, 6) is -6.06. The molecular weight excluding hydrogens is 463 g/mol. The molecule has 0 aliphatic heterocycles. The van der Waals surface area contributed by atoms with Gasteiger partial charge in [0.2, 0.25) is 0 Å². The van der Waals surface area contributed by atoms with E-state index in [2.05, 4.69) is 13.8 Å². The second kappa shape index (κ2) is 20.5. The van der Waals surface area contributed by atoms with Gasteiger partial charge in [-0.05, 0) is 37.1 Å². The number of carboxylic acids is 4. The summed E-state index contributed by atoms with van der Waals surface area (Å²) in [6.45, 7) is 6.83. The number of unbranched alkanes of at least 4 members (excludes halogenated alkanes) is 2. The molecule has 152 valence electrons. The fourth-order valence-corrected chi connectivity index (χ4v) is 7.38. The Morgan fingerprint density at radius 2 is 1.00 bits per heavy atom. The number of carbonyl (C=O) groups is 4. The number of carboxylic acid groups (broad SMARTS) is 4. The van der Waals surface area contributed by atoms with Crippen LogP contribution in [0.2, 0.25) is 8.87 Å². The van der Waals surface area contributed by atoms with E-state index in [1.807, 2.05) is 0 Å². The van der Waals surface area contributed by atoms with E-state index in [0.29, 0.717) is 12.2 Å². The van der Waals surface area contributed by atoms with Crippen LogP contribution in [0, 0.1) is 0 Å². The van der Waals surface area contributed by atoms with E-state index < -0.39 is 23.9 Å². The summed E-state index contributed by atoms with van der Waals surface area (Å²) in [4.78, 5) is 38.8. The quantitative estimate of drug-likeness (QED) is 0.184. The van der Waals surface area contributed by atoms with Crippen LogP contribution in [-0.2, 0) is 19.2 Å². The second-order valence-electron chi connectivity index (χ2n) is 5.64. The molecule has 0 amide bonds. The van der Waals surface area contributed by atoms with Crippen LogP contribution in [0.4, 0.5) is 0 Å². The van der Waals surface area contributed by atoms with Gasteiger partial charge >= 0.3 is 69.5 Å². The van der Waals surface area contributed by atoms with Crippen molar-refractivity contribution in [2.75, 3.05) is 0 Å². The van der Waals surface area contributed by atoms with Gasteiger partial charge in [0.1, 0.15) is 0 Å². The van der Waals surface area contributed by atoms with Crippen molar-refractivity contribution < 1.29 is 39.6 Å². The standard InChI is InChI=1S/2C5H6O4.2C4H9.Sn.2H/c2*1-3(5(8)9)2-4(6)7;2*1-3-4-2;;;/h2*2H,1H3,(H,6,7)(H,8,9);2*1,3-4H2,2H3;;;/q;;;;+4;;/p-4/b2*3-2+;;;;;. The monoisotopic (exact) mass is 492 g/mol. The molecule has 0 aliphatic rings. The number of hydrogen-bond donors (Lipinski definition) is 0. The van der Waals surface area contributed by atoms with Gasteiger partial charge in [-0.15, -0.1) is 0 Å². The molecule has 0 spiro atoms. The molecule has 0 heterocycles. The van der Waals surface area contributed by atoms with Crippen LogP contribution in [0.25, 0.3) is 0 Å². The van der Waals surface area contributed by atoms with Gasteiger partial charge in [-0.2, -0.15) is 0 Å². The van der Waals surface area contributed by atoms with E-state index in [1.165, 1.54) is 25.7 Å². The molecule has 0 aromatic heterocycles. The van der Waals surface area contributed by atoms with Crippen molar-refractivity contribution in [1.29, 1.82) is 0 Å². The molecular formula is C18H28O8Sn. The van der Waals surface area contributed by atoms with Crippen molar-refractivity contribution in [2.24, 2.45) is 0 Å². The minimum absolute atomic E-state index is 0.159. The Morgan fingerprint density at radius 1 is 0.704 bits per heavy atom. The van der Waals surface area contributed by atoms with E-state index >= 15 is 0 Å². The summed E-state index contributed by atoms with van der Waals surface area (Å²) >= 11 is -0.159. The third kappa shape index (κ3) is 29.2. The predicted octanol–water partition coefficient (Wildman–Crippen LogP) is -2.54. The van der Waals surface area contributed by atoms with Crippen LogP contribution in [0.3, 0.4) is 0 Å². The van der Waals surface area contributed by atoms with Crippen LogP contribution in [-0.4, -0.2) is 45.0 Å². The van der Waals surface area contributed by atoms with Crippen molar-refractivity contribution in [3.05, 3.63) is 23.3 Å². The van der Waals surface area contributed by atoms with Crippen LogP contribution in [0.15, 0.2) is 23.3 Å². The molecule has 0 fully saturated rings. The third-order valence-corrected chi connectivity index (χ3v) is 8.73. The van der Waals surface area contributed by atoms with Gasteiger partial charge < -0.3 is 39.6 Å². The van der Waals surface area contributed by atoms with Gasteiger partial charge in [0.05, 0.1) is 23.9 Å². The minimum atomic E-state index is -1.53. The van der Waals surface area contributed by atoms with Crippen molar-refractivity contribution in [2.45, 2.75) is 62.3 Å². The summed E-state index contributed by atoms with van der Waals surface area (Å²) in [5.41, 5.74) is -0.704. The molecule has 0 aromatic rings. The molecule has 27 heavy (non-hydrogen) atoms. The van der Waals surface area contributed by atoms with E-state index in [0.717, 1.165) is 13.8 Å². The topological polar surface area (TPSA) is 161 Å². The number of aliphatic carboxylic acids is 4. The fraction of sp³-hybridized carbons (Fsp3) is 0.556. The zero-order chi connectivity index (χ0) is 21.8. The second-order valence-corrected chi connectivity index (χ2v) is 11.7. The summed E-state index contributed by atoms with van der Waals surface area (Å²) in [7, 11) is 0. The van der Waals surface area contributed by atoms with E-state index in [4.69, 9.17) is 0 Å². The Kier molecular flexibility index (Phi) is 22.7. The van der Waals surface area contributed by atoms with E-state index in [9.17, 15) is 39.6 Å². The maximum absolute atomic E-state index is 9.76. The van der Waals surface area contributed by atoms with Gasteiger partial charge in [-0.1, -0.05) is 0 Å². The number of hydrogen-bond acceptors (Lipinski definition) is 8. The van der Waals surface area contributed by atoms with Gasteiger partial charge in [0.15, 0.2) is 0 Å². The Morgan fingerprint density at radius 3 is 1.15 bits per heavy atom. The fourth-order valence-electron chi connectivity index (χ4n) is 1.50. The zero-order valence-corrected chi connectivity index (χ0v) is 20.4. The Hall–Kier alpha value is -1.84. The summed E-state index contributed by atoms with van der Waals surface area (Å²) in [6, 6.07) is 0. The van der Waals surface area contributed by atoms with Crippen LogP contribution < -0.4 is 20.4 Å². The first kappa shape index (κ1) is 29.9. The summed E-state index contributed by atoms with van der Waals surface area (Å²) in [5, 5.41) is 38.8. The number of rotatable bonds is 10. The summed E-state index contributed by atoms with van der Waals surface area (Å²) in [6.07, 6.45) is 6.83. The molecule has 0 saturated heterocycles. The van der Waals surface area contributed by atoms with Gasteiger partial charge in [0, 0.05) is 0 Å². The van der Waals surface area contributed by atoms with Crippen molar-refractivity contribution in [1.82, 2.24) is 0 Å². The van der Waals surface area contributed by atoms with Crippen molar-refractivity contribution in [3.63, 3.8) is 0 Å². The molecule has 0 bridgehead atoms. The Balaban J connectivity index is -0.000000320. The molecule has 0 aromatic carbocycles. The average Bonchev–Trinajstić information content (AvgIpc) is 2.54. The third-order valence-electron chi connectivity index (χ3n) is 3.02. The zero-order valence-electron chi connectivity index (χ0n) is 16.4. The molecule has 0 aliphatic carbocycles. The first-order valence-corrected chi connectivity index (χ1v) is 14.4. The molecule has 9 heteroatoms. The molecule has 0 atom stereocenters. The molecule has 4 radical (unpaired) electrons. The maximum atomic E-state index is 9.76. The molecule has 0 saturated carbocycles. The summed E-state index contributed by atoms with van der Waals surface area (Å²) < 4.78 is 3.33. The average molecular weight is 491 g/mol. The Labute approximate surface area is 170 Å². The van der Waals surface area contributed by atoms with Gasteiger partial charge in [0.25, 0.3) is 0 Å². The van der Waals surface area contributed by atoms with Crippen molar-refractivity contribution in [3.8, 4) is 0 Å². The van der Waals surface area contributed by atoms with Crippen LogP contribution in [0.5, 0.6) is 0 Å². The predicted molar refractivity (Wildman–Crippen MR) is 95.5 cm³/mol. The van der Waals surface area contributed by atoms with E-state index in [1.54, 1.807) is 8.87 Å². The number of carbonyl (C=O) groups excluding carboxylic acids is 4. The first-order valence-electron chi connectivity index (χ1n) is 8.70. The molecule has 0 unspecified atom stereocenters. The molecule has 0 N–H and O–H groups in total. The van der Waals surface area contributed by atoms with Gasteiger partial charge in [-0.25, -0.2) is 0 Å². The van der Waals surface area contributed by atoms with Crippen LogP contribution in [0.1, 0.15) is 53.4 Å². The van der Waals surface area contributed by atoms with Crippen molar-refractivity contribution >= 4 is 45.0 Å². The van der Waals surface area contributed by atoms with Gasteiger partial charge in [-0.3, -0.25) is 0 Å². The first-order chi connectivity index (χ1) is 12.5.